The zero-order valence-electron chi connectivity index (χ0n) is 14.5. The van der Waals surface area contributed by atoms with Crippen molar-refractivity contribution in [3.63, 3.8) is 0 Å². The third kappa shape index (κ3) is 3.60. The molecule has 0 spiro atoms. The molecule has 0 aliphatic heterocycles. The maximum absolute atomic E-state index is 12.8. The molecule has 0 saturated carbocycles. The molecule has 1 amide bonds. The van der Waals surface area contributed by atoms with Crippen molar-refractivity contribution in [1.82, 2.24) is 0 Å². The second-order valence-corrected chi connectivity index (χ2v) is 5.51. The molecule has 0 saturated heterocycles. The first kappa shape index (κ1) is 18.8. The maximum atomic E-state index is 12.8. The normalized spacial score (nSPS) is 11.7. The number of nitrogens with zero attached hydrogens (tertiary/aromatic N) is 3. The molecule has 2 aromatic rings. The van der Waals surface area contributed by atoms with E-state index in [0.29, 0.717) is 11.4 Å². The lowest BCUT2D eigenvalue weighted by atomic mass is 9.77. The summed E-state index contributed by atoms with van der Waals surface area (Å²) in [4.78, 5) is 14.1. The van der Waals surface area contributed by atoms with Gasteiger partial charge in [-0.15, -0.1) is 6.58 Å². The number of para-hydroxylation sites is 1. The van der Waals surface area contributed by atoms with Gasteiger partial charge in [-0.1, -0.05) is 24.3 Å². The number of allylic oxidation sites excluding steroid dienone is 1. The third-order valence-corrected chi connectivity index (χ3v) is 3.90. The molecular weight excluding hydrogens is 330 g/mol. The lowest BCUT2D eigenvalue weighted by Crippen LogP contribution is -2.44. The smallest absolute Gasteiger partial charge is 0.415 e. The number of hydrogen-bond acceptors (Lipinski definition) is 5. The molecule has 0 aliphatic rings. The molecule has 132 valence electrons. The third-order valence-electron chi connectivity index (χ3n) is 3.90. The Morgan fingerprint density at radius 2 is 2.00 bits per heavy atom. The molecule has 0 radical (unpaired) electrons. The zero-order chi connectivity index (χ0) is 19.0. The number of ether oxygens (including phenoxy) is 1. The second kappa shape index (κ2) is 8.55. The molecule has 2 rings (SSSR count). The van der Waals surface area contributed by atoms with Crippen LogP contribution in [0.2, 0.25) is 0 Å². The summed E-state index contributed by atoms with van der Waals surface area (Å²) in [7, 11) is 0. The van der Waals surface area contributed by atoms with Gasteiger partial charge in [0, 0.05) is 5.69 Å². The number of amides is 1. The summed E-state index contributed by atoms with van der Waals surface area (Å²) >= 11 is 0. The number of anilines is 1. The van der Waals surface area contributed by atoms with Crippen molar-refractivity contribution in [2.24, 2.45) is 5.41 Å². The number of nitriles is 2. The van der Waals surface area contributed by atoms with E-state index >= 15 is 0 Å². The van der Waals surface area contributed by atoms with Crippen molar-refractivity contribution >= 4 is 11.8 Å². The van der Waals surface area contributed by atoms with Crippen molar-refractivity contribution in [2.75, 3.05) is 11.5 Å². The molecule has 1 heterocycles. The summed E-state index contributed by atoms with van der Waals surface area (Å²) in [6.45, 7) is 5.49. The monoisotopic (exact) mass is 349 g/mol. The molecule has 0 bridgehead atoms. The SMILES string of the molecule is C=CCC(C#N)(C#N)C(c1ccco1)N(C(=O)OCC)c1ccccc1. The van der Waals surface area contributed by atoms with Gasteiger partial charge < -0.3 is 9.15 Å². The number of hydrogen-bond donors (Lipinski definition) is 0. The molecule has 1 aromatic carbocycles. The minimum atomic E-state index is -1.60. The summed E-state index contributed by atoms with van der Waals surface area (Å²) in [5, 5.41) is 19.7. The predicted molar refractivity (Wildman–Crippen MR) is 95.9 cm³/mol. The molecule has 26 heavy (non-hydrogen) atoms. The van der Waals surface area contributed by atoms with Gasteiger partial charge in [0.05, 0.1) is 25.0 Å². The first-order chi connectivity index (χ1) is 12.6. The van der Waals surface area contributed by atoms with Gasteiger partial charge >= 0.3 is 6.09 Å². The number of benzene rings is 1. The number of carbonyl (C=O) groups is 1. The highest BCUT2D eigenvalue weighted by molar-refractivity contribution is 5.89. The lowest BCUT2D eigenvalue weighted by Gasteiger charge is -2.36. The van der Waals surface area contributed by atoms with E-state index in [-0.39, 0.29) is 13.0 Å². The van der Waals surface area contributed by atoms with Crippen molar-refractivity contribution in [3.8, 4) is 12.1 Å². The number of rotatable bonds is 7. The Labute approximate surface area is 152 Å². The highest BCUT2D eigenvalue weighted by Gasteiger charge is 2.48. The standard InChI is InChI=1S/C20H19N3O3/c1-3-12-20(14-21,15-22)18(17-11-8-13-26-17)23(19(24)25-4-2)16-9-6-5-7-10-16/h3,5-11,13,18H,1,4,12H2,2H3. The van der Waals surface area contributed by atoms with Crippen LogP contribution in [0.25, 0.3) is 0 Å². The second-order valence-electron chi connectivity index (χ2n) is 5.51. The summed E-state index contributed by atoms with van der Waals surface area (Å²) < 4.78 is 10.7. The van der Waals surface area contributed by atoms with E-state index in [1.165, 1.54) is 17.2 Å². The van der Waals surface area contributed by atoms with Crippen LogP contribution in [0.3, 0.4) is 0 Å². The molecule has 1 aromatic heterocycles. The van der Waals surface area contributed by atoms with Gasteiger partial charge in [0.2, 0.25) is 0 Å². The van der Waals surface area contributed by atoms with E-state index in [2.05, 4.69) is 18.7 Å². The topological polar surface area (TPSA) is 90.3 Å². The summed E-state index contributed by atoms with van der Waals surface area (Å²) in [5.74, 6) is 0.312. The summed E-state index contributed by atoms with van der Waals surface area (Å²) in [6.07, 6.45) is 2.30. The fraction of sp³-hybridized carbons (Fsp3) is 0.250. The molecule has 0 fully saturated rings. The van der Waals surface area contributed by atoms with Gasteiger partial charge in [0.15, 0.2) is 5.41 Å². The van der Waals surface area contributed by atoms with Crippen molar-refractivity contribution in [1.29, 1.82) is 10.5 Å². The predicted octanol–water partition coefficient (Wildman–Crippen LogP) is 4.59. The van der Waals surface area contributed by atoms with Crippen LogP contribution in [-0.2, 0) is 4.74 Å². The van der Waals surface area contributed by atoms with E-state index in [1.54, 1.807) is 49.4 Å². The molecule has 6 nitrogen and oxygen atoms in total. The van der Waals surface area contributed by atoms with Crippen LogP contribution in [0, 0.1) is 28.1 Å². The van der Waals surface area contributed by atoms with E-state index in [4.69, 9.17) is 9.15 Å². The highest BCUT2D eigenvalue weighted by atomic mass is 16.6. The first-order valence-corrected chi connectivity index (χ1v) is 8.11. The number of furan rings is 1. The van der Waals surface area contributed by atoms with Gasteiger partial charge in [0.25, 0.3) is 0 Å². The van der Waals surface area contributed by atoms with E-state index in [1.807, 2.05) is 0 Å². The molecular formula is C20H19N3O3. The Morgan fingerprint density at radius 3 is 2.50 bits per heavy atom. The molecule has 6 heteroatoms. The Morgan fingerprint density at radius 1 is 1.31 bits per heavy atom. The fourth-order valence-electron chi connectivity index (χ4n) is 2.76. The average Bonchev–Trinajstić information content (AvgIpc) is 3.19. The van der Waals surface area contributed by atoms with Crippen molar-refractivity contribution in [2.45, 2.75) is 19.4 Å². The van der Waals surface area contributed by atoms with Crippen LogP contribution < -0.4 is 4.90 Å². The van der Waals surface area contributed by atoms with Crippen LogP contribution in [0.5, 0.6) is 0 Å². The maximum Gasteiger partial charge on any atom is 0.415 e. The summed E-state index contributed by atoms with van der Waals surface area (Å²) in [6, 6.07) is 15.1. The van der Waals surface area contributed by atoms with Crippen LogP contribution in [-0.4, -0.2) is 12.7 Å². The van der Waals surface area contributed by atoms with Crippen LogP contribution in [0.1, 0.15) is 25.1 Å². The van der Waals surface area contributed by atoms with Gasteiger partial charge in [0.1, 0.15) is 11.8 Å². The molecule has 0 N–H and O–H groups in total. The molecule has 1 unspecified atom stereocenters. The average molecular weight is 349 g/mol. The first-order valence-electron chi connectivity index (χ1n) is 8.11. The molecule has 0 aliphatic carbocycles. The summed E-state index contributed by atoms with van der Waals surface area (Å²) in [5.41, 5.74) is -1.10. The Hall–Kier alpha value is -3.51. The Bertz CT molecular complexity index is 802. The van der Waals surface area contributed by atoms with Crippen molar-refractivity contribution < 1.29 is 13.9 Å². The van der Waals surface area contributed by atoms with Crippen LogP contribution in [0.4, 0.5) is 10.5 Å². The Balaban J connectivity index is 2.71. The lowest BCUT2D eigenvalue weighted by molar-refractivity contribution is 0.151. The largest absolute Gasteiger partial charge is 0.467 e. The quantitative estimate of drug-likeness (QED) is 0.682. The minimum Gasteiger partial charge on any atom is -0.467 e. The number of carbonyl (C=O) groups excluding carboxylic acids is 1. The molecule has 1 atom stereocenters. The van der Waals surface area contributed by atoms with Crippen LogP contribution >= 0.6 is 0 Å². The van der Waals surface area contributed by atoms with E-state index in [0.717, 1.165) is 0 Å². The minimum absolute atomic E-state index is 0.0497. The van der Waals surface area contributed by atoms with Gasteiger partial charge in [-0.2, -0.15) is 10.5 Å². The van der Waals surface area contributed by atoms with Gasteiger partial charge in [-0.25, -0.2) is 4.79 Å². The van der Waals surface area contributed by atoms with Gasteiger partial charge in [-0.3, -0.25) is 4.90 Å². The zero-order valence-corrected chi connectivity index (χ0v) is 14.5. The Kier molecular flexibility index (Phi) is 6.19. The van der Waals surface area contributed by atoms with E-state index < -0.39 is 17.6 Å². The van der Waals surface area contributed by atoms with Gasteiger partial charge in [-0.05, 0) is 37.6 Å². The van der Waals surface area contributed by atoms with Crippen molar-refractivity contribution in [3.05, 3.63) is 67.1 Å². The van der Waals surface area contributed by atoms with Crippen LogP contribution in [0.15, 0.2) is 65.8 Å². The highest BCUT2D eigenvalue weighted by Crippen LogP contribution is 2.43. The fourth-order valence-corrected chi connectivity index (χ4v) is 2.76. The van der Waals surface area contributed by atoms with E-state index in [9.17, 15) is 15.3 Å².